The molecule has 2 aromatic heterocycles. The van der Waals surface area contributed by atoms with Crippen molar-refractivity contribution in [2.24, 2.45) is 5.92 Å². The molecule has 1 aliphatic rings. The highest BCUT2D eigenvalue weighted by Crippen LogP contribution is 2.30. The van der Waals surface area contributed by atoms with Crippen LogP contribution in [0.5, 0.6) is 11.5 Å². The van der Waals surface area contributed by atoms with Crippen molar-refractivity contribution < 1.29 is 24.2 Å². The Balaban J connectivity index is 0.00000101. The van der Waals surface area contributed by atoms with E-state index < -0.39 is 0 Å². The van der Waals surface area contributed by atoms with E-state index >= 15 is 0 Å². The predicted molar refractivity (Wildman–Crippen MR) is 115 cm³/mol. The average molecular weight is 436 g/mol. The van der Waals surface area contributed by atoms with Gasteiger partial charge in [0.15, 0.2) is 11.5 Å². The largest absolute Gasteiger partial charge is 0.493 e. The molecule has 0 bridgehead atoms. The fraction of sp³-hybridized carbons (Fsp3) is 0.476. The monoisotopic (exact) mass is 435 g/mol. The zero-order valence-corrected chi connectivity index (χ0v) is 18.2. The molecule has 0 saturated carbocycles. The molecule has 2 aromatic rings. The number of thiophene rings is 1. The van der Waals surface area contributed by atoms with E-state index in [4.69, 9.17) is 19.4 Å². The first-order valence-electron chi connectivity index (χ1n) is 9.76. The first kappa shape index (κ1) is 23.6. The zero-order valence-electron chi connectivity index (χ0n) is 17.4. The SMILES string of the molecule is COc1ccnc(CN2CCCC(CNC(=O)Cc3cccs3)C2)c1OC.O=CO. The van der Waals surface area contributed by atoms with E-state index in [1.807, 2.05) is 23.6 Å². The topological polar surface area (TPSA) is 101 Å². The van der Waals surface area contributed by atoms with E-state index in [1.54, 1.807) is 31.8 Å². The number of likely N-dealkylation sites (tertiary alicyclic amines) is 1. The molecule has 3 heterocycles. The Morgan fingerprint density at radius 1 is 1.40 bits per heavy atom. The van der Waals surface area contributed by atoms with Crippen molar-refractivity contribution in [3.8, 4) is 11.5 Å². The summed E-state index contributed by atoms with van der Waals surface area (Å²) in [5, 5.41) is 12.0. The van der Waals surface area contributed by atoms with Crippen molar-refractivity contribution in [1.29, 1.82) is 0 Å². The fourth-order valence-electron chi connectivity index (χ4n) is 3.53. The van der Waals surface area contributed by atoms with E-state index in [0.717, 1.165) is 49.6 Å². The first-order valence-corrected chi connectivity index (χ1v) is 10.6. The van der Waals surface area contributed by atoms with Crippen LogP contribution in [-0.4, -0.2) is 61.2 Å². The standard InChI is InChI=1S/C20H27N3O3S.CH2O2/c1-25-18-7-8-21-17(20(18)26-2)14-23-9-3-5-15(13-23)12-22-19(24)11-16-6-4-10-27-16;2-1-3/h4,6-8,10,15H,3,5,9,11-14H2,1-2H3,(H,22,24);1H,(H,2,3). The Morgan fingerprint density at radius 2 is 2.20 bits per heavy atom. The maximum absolute atomic E-state index is 12.1. The van der Waals surface area contributed by atoms with Gasteiger partial charge in [-0.15, -0.1) is 11.3 Å². The second-order valence-corrected chi connectivity index (χ2v) is 7.93. The molecular weight excluding hydrogens is 406 g/mol. The number of hydrogen-bond donors (Lipinski definition) is 2. The number of piperidine rings is 1. The molecule has 1 aliphatic heterocycles. The Kier molecular flexibility index (Phi) is 10.1. The molecule has 164 valence electrons. The fourth-order valence-corrected chi connectivity index (χ4v) is 4.23. The Hall–Kier alpha value is -2.65. The van der Waals surface area contributed by atoms with Crippen molar-refractivity contribution in [1.82, 2.24) is 15.2 Å². The van der Waals surface area contributed by atoms with Gasteiger partial charge in [0.1, 0.15) is 5.69 Å². The molecule has 1 unspecified atom stereocenters. The van der Waals surface area contributed by atoms with Crippen molar-refractivity contribution in [2.75, 3.05) is 33.9 Å². The summed E-state index contributed by atoms with van der Waals surface area (Å²) in [6, 6.07) is 5.79. The Labute approximate surface area is 180 Å². The molecule has 0 aromatic carbocycles. The van der Waals surface area contributed by atoms with Crippen molar-refractivity contribution in [2.45, 2.75) is 25.8 Å². The summed E-state index contributed by atoms with van der Waals surface area (Å²) in [6.45, 7) is 3.17. The van der Waals surface area contributed by atoms with Crippen LogP contribution in [0.15, 0.2) is 29.8 Å². The van der Waals surface area contributed by atoms with Crippen molar-refractivity contribution >= 4 is 23.7 Å². The number of amides is 1. The smallest absolute Gasteiger partial charge is 0.290 e. The van der Waals surface area contributed by atoms with Crippen LogP contribution in [0.4, 0.5) is 0 Å². The number of carbonyl (C=O) groups excluding carboxylic acids is 1. The molecule has 1 atom stereocenters. The van der Waals surface area contributed by atoms with Gasteiger partial charge in [0, 0.05) is 36.8 Å². The number of carboxylic acid groups (broad SMARTS) is 1. The van der Waals surface area contributed by atoms with Gasteiger partial charge in [-0.1, -0.05) is 6.07 Å². The van der Waals surface area contributed by atoms with Gasteiger partial charge in [0.25, 0.3) is 6.47 Å². The van der Waals surface area contributed by atoms with Crippen molar-refractivity contribution in [3.63, 3.8) is 0 Å². The zero-order chi connectivity index (χ0) is 21.8. The van der Waals surface area contributed by atoms with Gasteiger partial charge in [-0.3, -0.25) is 19.5 Å². The van der Waals surface area contributed by atoms with Crippen LogP contribution >= 0.6 is 11.3 Å². The Morgan fingerprint density at radius 3 is 2.87 bits per heavy atom. The average Bonchev–Trinajstić information content (AvgIpc) is 3.26. The lowest BCUT2D eigenvalue weighted by Gasteiger charge is -2.32. The van der Waals surface area contributed by atoms with Gasteiger partial charge in [0.05, 0.1) is 20.6 Å². The number of ether oxygens (including phenoxy) is 2. The van der Waals surface area contributed by atoms with Crippen LogP contribution < -0.4 is 14.8 Å². The second kappa shape index (κ2) is 12.8. The van der Waals surface area contributed by atoms with E-state index in [1.165, 1.54) is 0 Å². The molecule has 30 heavy (non-hydrogen) atoms. The number of methoxy groups -OCH3 is 2. The number of carbonyl (C=O) groups is 2. The second-order valence-electron chi connectivity index (χ2n) is 6.90. The summed E-state index contributed by atoms with van der Waals surface area (Å²) >= 11 is 1.62. The molecule has 0 radical (unpaired) electrons. The highest BCUT2D eigenvalue weighted by Gasteiger charge is 2.22. The van der Waals surface area contributed by atoms with Gasteiger partial charge < -0.3 is 19.9 Å². The van der Waals surface area contributed by atoms with Crippen molar-refractivity contribution in [3.05, 3.63) is 40.3 Å². The van der Waals surface area contributed by atoms with Crippen LogP contribution in [0.2, 0.25) is 0 Å². The molecule has 0 spiro atoms. The minimum absolute atomic E-state index is 0.103. The number of hydrogen-bond acceptors (Lipinski definition) is 7. The van der Waals surface area contributed by atoms with E-state index in [2.05, 4.69) is 15.2 Å². The van der Waals surface area contributed by atoms with E-state index in [9.17, 15) is 4.79 Å². The minimum Gasteiger partial charge on any atom is -0.493 e. The lowest BCUT2D eigenvalue weighted by Crippen LogP contribution is -2.41. The number of aromatic nitrogens is 1. The molecule has 1 fully saturated rings. The highest BCUT2D eigenvalue weighted by atomic mass is 32.1. The minimum atomic E-state index is -0.250. The molecular formula is C21H29N3O5S. The summed E-state index contributed by atoms with van der Waals surface area (Å²) in [4.78, 5) is 28.4. The van der Waals surface area contributed by atoms with Gasteiger partial charge in [0.2, 0.25) is 5.91 Å². The van der Waals surface area contributed by atoms with Crippen LogP contribution in [0.1, 0.15) is 23.4 Å². The lowest BCUT2D eigenvalue weighted by molar-refractivity contribution is -0.123. The van der Waals surface area contributed by atoms with E-state index in [-0.39, 0.29) is 12.4 Å². The van der Waals surface area contributed by atoms with Crippen LogP contribution in [0, 0.1) is 5.92 Å². The predicted octanol–water partition coefficient (Wildman–Crippen LogP) is 2.43. The molecule has 1 amide bonds. The van der Waals surface area contributed by atoms with Crippen LogP contribution in [0.3, 0.4) is 0 Å². The van der Waals surface area contributed by atoms with Gasteiger partial charge >= 0.3 is 0 Å². The maximum atomic E-state index is 12.1. The molecule has 0 aliphatic carbocycles. The summed E-state index contributed by atoms with van der Waals surface area (Å²) < 4.78 is 10.9. The third kappa shape index (κ3) is 7.31. The molecule has 1 saturated heterocycles. The van der Waals surface area contributed by atoms with Gasteiger partial charge in [-0.25, -0.2) is 0 Å². The van der Waals surface area contributed by atoms with Crippen LogP contribution in [0.25, 0.3) is 0 Å². The molecule has 3 rings (SSSR count). The summed E-state index contributed by atoms with van der Waals surface area (Å²) in [5.41, 5.74) is 0.888. The van der Waals surface area contributed by atoms with Crippen LogP contribution in [-0.2, 0) is 22.6 Å². The third-order valence-corrected chi connectivity index (χ3v) is 5.72. The molecule has 8 nitrogen and oxygen atoms in total. The normalized spacial score (nSPS) is 16.1. The molecule has 9 heteroatoms. The summed E-state index contributed by atoms with van der Waals surface area (Å²) in [5.74, 6) is 1.97. The number of nitrogens with one attached hydrogen (secondary N) is 1. The molecule has 2 N–H and O–H groups in total. The first-order chi connectivity index (χ1) is 14.6. The third-order valence-electron chi connectivity index (χ3n) is 4.85. The Bertz CT molecular complexity index is 785. The van der Waals surface area contributed by atoms with Gasteiger partial charge in [-0.05, 0) is 36.8 Å². The van der Waals surface area contributed by atoms with Gasteiger partial charge in [-0.2, -0.15) is 0 Å². The number of rotatable bonds is 8. The van der Waals surface area contributed by atoms with E-state index in [0.29, 0.717) is 23.8 Å². The quantitative estimate of drug-likeness (QED) is 0.614. The maximum Gasteiger partial charge on any atom is 0.290 e. The lowest BCUT2D eigenvalue weighted by atomic mass is 9.97. The summed E-state index contributed by atoms with van der Waals surface area (Å²) in [6.07, 6.45) is 4.48. The number of pyridine rings is 1. The summed E-state index contributed by atoms with van der Waals surface area (Å²) in [7, 11) is 3.28. The number of nitrogens with zero attached hydrogens (tertiary/aromatic N) is 2. The highest BCUT2D eigenvalue weighted by molar-refractivity contribution is 7.10.